The van der Waals surface area contributed by atoms with Crippen LogP contribution in [0.5, 0.6) is 0 Å². The Morgan fingerprint density at radius 3 is 2.64 bits per heavy atom. The minimum Gasteiger partial charge on any atom is -0.381 e. The van der Waals surface area contributed by atoms with Gasteiger partial charge in [0.05, 0.1) is 6.10 Å². The van der Waals surface area contributed by atoms with Gasteiger partial charge in [-0.3, -0.25) is 9.89 Å². The fourth-order valence-electron chi connectivity index (χ4n) is 3.44. The first-order valence-corrected chi connectivity index (χ1v) is 8.67. The number of amides is 1. The number of nitrogens with zero attached hydrogens (tertiary/aromatic N) is 2. The van der Waals surface area contributed by atoms with E-state index in [1.54, 1.807) is 36.3 Å². The van der Waals surface area contributed by atoms with E-state index in [1.807, 2.05) is 6.92 Å². The van der Waals surface area contributed by atoms with E-state index in [9.17, 15) is 9.18 Å². The van der Waals surface area contributed by atoms with Crippen molar-refractivity contribution in [3.63, 3.8) is 0 Å². The van der Waals surface area contributed by atoms with Crippen molar-refractivity contribution < 1.29 is 13.9 Å². The molecule has 0 unspecified atom stereocenters. The average Bonchev–Trinajstić information content (AvgIpc) is 3.07. The molecule has 1 fully saturated rings. The third-order valence-corrected chi connectivity index (χ3v) is 4.90. The summed E-state index contributed by atoms with van der Waals surface area (Å²) in [6.07, 6.45) is 3.75. The fraction of sp³-hybridized carbons (Fsp3) is 0.474. The molecule has 1 saturated carbocycles. The molecule has 1 aliphatic carbocycles. The first-order valence-electron chi connectivity index (χ1n) is 8.67. The fourth-order valence-corrected chi connectivity index (χ4v) is 3.44. The lowest BCUT2D eigenvalue weighted by Gasteiger charge is -2.36. The molecule has 1 aromatic carbocycles. The Kier molecular flexibility index (Phi) is 5.48. The molecule has 0 aliphatic heterocycles. The van der Waals surface area contributed by atoms with E-state index in [0.29, 0.717) is 11.3 Å². The number of methoxy groups -OCH3 is 1. The zero-order chi connectivity index (χ0) is 17.8. The van der Waals surface area contributed by atoms with Crippen molar-refractivity contribution in [2.24, 2.45) is 0 Å². The van der Waals surface area contributed by atoms with E-state index in [2.05, 4.69) is 10.2 Å². The zero-order valence-corrected chi connectivity index (χ0v) is 14.7. The van der Waals surface area contributed by atoms with Crippen LogP contribution < -0.4 is 0 Å². The first-order chi connectivity index (χ1) is 12.1. The molecule has 0 atom stereocenters. The smallest absolute Gasteiger partial charge is 0.274 e. The topological polar surface area (TPSA) is 58.2 Å². The van der Waals surface area contributed by atoms with E-state index < -0.39 is 0 Å². The van der Waals surface area contributed by atoms with Gasteiger partial charge in [0.2, 0.25) is 0 Å². The van der Waals surface area contributed by atoms with Crippen molar-refractivity contribution in [1.29, 1.82) is 0 Å². The maximum absolute atomic E-state index is 14.1. The van der Waals surface area contributed by atoms with Crippen LogP contribution in [0.3, 0.4) is 0 Å². The second kappa shape index (κ2) is 7.78. The van der Waals surface area contributed by atoms with Crippen molar-refractivity contribution in [3.05, 3.63) is 53.1 Å². The molecule has 0 saturated heterocycles. The van der Waals surface area contributed by atoms with E-state index >= 15 is 0 Å². The third kappa shape index (κ3) is 4.07. The molecular formula is C19H24FN3O2. The summed E-state index contributed by atoms with van der Waals surface area (Å²) in [6, 6.07) is 8.41. The van der Waals surface area contributed by atoms with E-state index in [4.69, 9.17) is 4.74 Å². The van der Waals surface area contributed by atoms with Crippen molar-refractivity contribution >= 4 is 5.91 Å². The summed E-state index contributed by atoms with van der Waals surface area (Å²) in [5.41, 5.74) is 1.73. The van der Waals surface area contributed by atoms with Gasteiger partial charge >= 0.3 is 0 Å². The number of carbonyl (C=O) groups is 1. The Morgan fingerprint density at radius 2 is 2.04 bits per heavy atom. The number of hydrogen-bond acceptors (Lipinski definition) is 3. The number of hydrogen-bond donors (Lipinski definition) is 1. The number of aromatic nitrogens is 2. The molecule has 1 amide bonds. The summed E-state index contributed by atoms with van der Waals surface area (Å²) < 4.78 is 19.5. The Hall–Kier alpha value is -2.21. The quantitative estimate of drug-likeness (QED) is 0.903. The van der Waals surface area contributed by atoms with Crippen LogP contribution in [-0.4, -0.2) is 40.3 Å². The summed E-state index contributed by atoms with van der Waals surface area (Å²) in [5.74, 6) is -0.447. The SMILES string of the molecule is COC1CCC(N(Cc2ccccc2F)C(=O)c2cc(C)[nH]n2)CC1. The average molecular weight is 345 g/mol. The van der Waals surface area contributed by atoms with Crippen LogP contribution in [0.2, 0.25) is 0 Å². The predicted octanol–water partition coefficient (Wildman–Crippen LogP) is 3.46. The van der Waals surface area contributed by atoms with Gasteiger partial charge in [-0.15, -0.1) is 0 Å². The van der Waals surface area contributed by atoms with Gasteiger partial charge in [0.25, 0.3) is 5.91 Å². The predicted molar refractivity (Wildman–Crippen MR) is 92.7 cm³/mol. The number of halogens is 1. The minimum atomic E-state index is -0.288. The van der Waals surface area contributed by atoms with Crippen LogP contribution in [0.4, 0.5) is 4.39 Å². The standard InChI is InChI=1S/C19H24FN3O2/c1-13-11-18(22-21-13)19(24)23(12-14-5-3-4-6-17(14)20)15-7-9-16(25-2)10-8-15/h3-6,11,15-16H,7-10,12H2,1-2H3,(H,21,22). The minimum absolute atomic E-state index is 0.0653. The number of carbonyl (C=O) groups excluding carboxylic acids is 1. The number of aryl methyl sites for hydroxylation is 1. The highest BCUT2D eigenvalue weighted by Gasteiger charge is 2.31. The van der Waals surface area contributed by atoms with Crippen LogP contribution in [0.15, 0.2) is 30.3 Å². The maximum Gasteiger partial charge on any atom is 0.274 e. The molecule has 0 radical (unpaired) electrons. The number of H-pyrrole nitrogens is 1. The molecule has 1 aliphatic rings. The molecule has 5 nitrogen and oxygen atoms in total. The van der Waals surface area contributed by atoms with Gasteiger partial charge in [-0.25, -0.2) is 4.39 Å². The Labute approximate surface area is 147 Å². The van der Waals surface area contributed by atoms with Crippen LogP contribution in [0.25, 0.3) is 0 Å². The summed E-state index contributed by atoms with van der Waals surface area (Å²) in [6.45, 7) is 2.11. The second-order valence-corrected chi connectivity index (χ2v) is 6.63. The monoisotopic (exact) mass is 345 g/mol. The highest BCUT2D eigenvalue weighted by molar-refractivity contribution is 5.92. The van der Waals surface area contributed by atoms with Crippen molar-refractivity contribution in [3.8, 4) is 0 Å². The molecule has 0 spiro atoms. The number of aromatic amines is 1. The number of ether oxygens (including phenoxy) is 1. The van der Waals surface area contributed by atoms with E-state index in [-0.39, 0.29) is 30.4 Å². The molecule has 6 heteroatoms. The van der Waals surface area contributed by atoms with Gasteiger partial charge in [-0.05, 0) is 44.7 Å². The van der Waals surface area contributed by atoms with Crippen LogP contribution >= 0.6 is 0 Å². The van der Waals surface area contributed by atoms with E-state index in [0.717, 1.165) is 31.4 Å². The lowest BCUT2D eigenvalue weighted by molar-refractivity contribution is 0.0308. The molecule has 3 rings (SSSR count). The summed E-state index contributed by atoms with van der Waals surface area (Å²) in [7, 11) is 1.72. The summed E-state index contributed by atoms with van der Waals surface area (Å²) in [4.78, 5) is 14.8. The van der Waals surface area contributed by atoms with E-state index in [1.165, 1.54) is 6.07 Å². The Morgan fingerprint density at radius 1 is 1.32 bits per heavy atom. The van der Waals surface area contributed by atoms with Crippen molar-refractivity contribution in [1.82, 2.24) is 15.1 Å². The summed E-state index contributed by atoms with van der Waals surface area (Å²) in [5, 5.41) is 6.90. The largest absolute Gasteiger partial charge is 0.381 e. The molecule has 1 heterocycles. The molecule has 1 N–H and O–H groups in total. The Bertz CT molecular complexity index is 723. The highest BCUT2D eigenvalue weighted by atomic mass is 19.1. The Balaban J connectivity index is 1.83. The number of benzene rings is 1. The summed E-state index contributed by atoms with van der Waals surface area (Å²) >= 11 is 0. The van der Waals surface area contributed by atoms with Crippen LogP contribution in [0, 0.1) is 12.7 Å². The lowest BCUT2D eigenvalue weighted by Crippen LogP contribution is -2.43. The van der Waals surface area contributed by atoms with Crippen LogP contribution in [0.1, 0.15) is 47.4 Å². The first kappa shape index (κ1) is 17.6. The normalized spacial score (nSPS) is 20.4. The van der Waals surface area contributed by atoms with Crippen LogP contribution in [-0.2, 0) is 11.3 Å². The van der Waals surface area contributed by atoms with Crippen molar-refractivity contribution in [2.75, 3.05) is 7.11 Å². The lowest BCUT2D eigenvalue weighted by atomic mass is 9.91. The molecule has 134 valence electrons. The molecule has 25 heavy (non-hydrogen) atoms. The second-order valence-electron chi connectivity index (χ2n) is 6.63. The number of rotatable bonds is 5. The molecule has 1 aromatic heterocycles. The molecule has 2 aromatic rings. The zero-order valence-electron chi connectivity index (χ0n) is 14.7. The third-order valence-electron chi connectivity index (χ3n) is 4.90. The number of nitrogens with one attached hydrogen (secondary N) is 1. The molecular weight excluding hydrogens is 321 g/mol. The van der Waals surface area contributed by atoms with Gasteiger partial charge in [-0.2, -0.15) is 5.10 Å². The maximum atomic E-state index is 14.1. The van der Waals surface area contributed by atoms with Crippen molar-refractivity contribution in [2.45, 2.75) is 51.3 Å². The van der Waals surface area contributed by atoms with Gasteiger partial charge < -0.3 is 9.64 Å². The highest BCUT2D eigenvalue weighted by Crippen LogP contribution is 2.27. The van der Waals surface area contributed by atoms with Gasteiger partial charge in [0.1, 0.15) is 11.5 Å². The van der Waals surface area contributed by atoms with Gasteiger partial charge in [0, 0.05) is 31.0 Å². The van der Waals surface area contributed by atoms with Gasteiger partial charge in [-0.1, -0.05) is 18.2 Å². The van der Waals surface area contributed by atoms with Gasteiger partial charge in [0.15, 0.2) is 0 Å². The molecule has 0 bridgehead atoms.